The molecule has 292 valence electrons. The van der Waals surface area contributed by atoms with Crippen molar-refractivity contribution in [1.29, 1.82) is 0 Å². The number of aliphatic carboxylic acids is 1. The SMILES string of the molecule is CC(C)CCCCCCCCCCOCCOCCOCCOCCOCCOCCOCCOCCOC(=O)[C@@H](CC(=O)O)S(=O)(=O)O. The van der Waals surface area contributed by atoms with Crippen molar-refractivity contribution in [2.24, 2.45) is 5.92 Å². The van der Waals surface area contributed by atoms with E-state index in [0.29, 0.717) is 79.3 Å². The fourth-order valence-corrected chi connectivity index (χ4v) is 4.89. The summed E-state index contributed by atoms with van der Waals surface area (Å²) in [4.78, 5) is 22.3. The van der Waals surface area contributed by atoms with Crippen LogP contribution in [0.5, 0.6) is 0 Å². The fraction of sp³-hybridized carbons (Fsp3) is 0.939. The van der Waals surface area contributed by atoms with Gasteiger partial charge in [0.05, 0.1) is 106 Å². The van der Waals surface area contributed by atoms with Crippen molar-refractivity contribution in [2.75, 3.05) is 112 Å². The second-order valence-electron chi connectivity index (χ2n) is 11.7. The summed E-state index contributed by atoms with van der Waals surface area (Å²) in [5.41, 5.74) is 0. The van der Waals surface area contributed by atoms with Gasteiger partial charge in [-0.25, -0.2) is 0 Å². The second-order valence-corrected chi connectivity index (χ2v) is 13.3. The molecular formula is C33H64O15S. The van der Waals surface area contributed by atoms with E-state index in [2.05, 4.69) is 18.6 Å². The van der Waals surface area contributed by atoms with Crippen molar-refractivity contribution in [1.82, 2.24) is 0 Å². The largest absolute Gasteiger partial charge is 0.481 e. The number of hydrogen-bond donors (Lipinski definition) is 2. The fourth-order valence-electron chi connectivity index (χ4n) is 4.22. The van der Waals surface area contributed by atoms with Crippen molar-refractivity contribution in [3.05, 3.63) is 0 Å². The molecule has 15 nitrogen and oxygen atoms in total. The second kappa shape index (κ2) is 35.0. The molecule has 0 aliphatic rings. The van der Waals surface area contributed by atoms with Crippen molar-refractivity contribution in [3.8, 4) is 0 Å². The Hall–Kier alpha value is -1.47. The molecule has 0 amide bonds. The van der Waals surface area contributed by atoms with E-state index in [4.69, 9.17) is 47.6 Å². The molecule has 0 heterocycles. The summed E-state index contributed by atoms with van der Waals surface area (Å²) in [7, 11) is -4.89. The molecular weight excluding hydrogens is 668 g/mol. The van der Waals surface area contributed by atoms with Crippen molar-refractivity contribution in [2.45, 2.75) is 83.3 Å². The number of unbranched alkanes of at least 4 members (excludes halogenated alkanes) is 7. The lowest BCUT2D eigenvalue weighted by atomic mass is 10.0. The van der Waals surface area contributed by atoms with E-state index < -0.39 is 33.7 Å². The number of hydrogen-bond acceptors (Lipinski definition) is 13. The lowest BCUT2D eigenvalue weighted by Gasteiger charge is -2.11. The minimum atomic E-state index is -4.89. The van der Waals surface area contributed by atoms with Gasteiger partial charge in [-0.1, -0.05) is 65.2 Å². The first-order valence-electron chi connectivity index (χ1n) is 17.6. The normalized spacial score (nSPS) is 12.5. The molecule has 2 N–H and O–H groups in total. The van der Waals surface area contributed by atoms with Gasteiger partial charge in [0.1, 0.15) is 6.61 Å². The quantitative estimate of drug-likeness (QED) is 0.0529. The highest BCUT2D eigenvalue weighted by Gasteiger charge is 2.34. The molecule has 16 heteroatoms. The summed E-state index contributed by atoms with van der Waals surface area (Å²) >= 11 is 0. The molecule has 0 fully saturated rings. The van der Waals surface area contributed by atoms with Gasteiger partial charge in [-0.2, -0.15) is 8.42 Å². The van der Waals surface area contributed by atoms with E-state index >= 15 is 0 Å². The molecule has 0 unspecified atom stereocenters. The highest BCUT2D eigenvalue weighted by molar-refractivity contribution is 7.87. The first-order valence-corrected chi connectivity index (χ1v) is 19.1. The maximum absolute atomic E-state index is 11.7. The van der Waals surface area contributed by atoms with Gasteiger partial charge in [0.25, 0.3) is 10.1 Å². The third kappa shape index (κ3) is 36.1. The maximum atomic E-state index is 11.7. The van der Waals surface area contributed by atoms with Crippen molar-refractivity contribution in [3.63, 3.8) is 0 Å². The third-order valence-electron chi connectivity index (χ3n) is 6.88. The monoisotopic (exact) mass is 732 g/mol. The highest BCUT2D eigenvalue weighted by atomic mass is 32.2. The van der Waals surface area contributed by atoms with E-state index in [1.165, 1.54) is 51.4 Å². The van der Waals surface area contributed by atoms with Gasteiger partial charge in [0.15, 0.2) is 5.25 Å². The summed E-state index contributed by atoms with van der Waals surface area (Å²) in [6, 6.07) is 0. The van der Waals surface area contributed by atoms with E-state index in [0.717, 1.165) is 18.9 Å². The van der Waals surface area contributed by atoms with Crippen molar-refractivity contribution < 1.29 is 70.3 Å². The van der Waals surface area contributed by atoms with Crippen LogP contribution in [0.3, 0.4) is 0 Å². The Morgan fingerprint density at radius 3 is 1.12 bits per heavy atom. The van der Waals surface area contributed by atoms with Gasteiger partial charge in [0.2, 0.25) is 0 Å². The van der Waals surface area contributed by atoms with Gasteiger partial charge in [0, 0.05) is 6.61 Å². The third-order valence-corrected chi connectivity index (χ3v) is 7.96. The number of carboxylic acid groups (broad SMARTS) is 1. The van der Waals surface area contributed by atoms with Gasteiger partial charge in [-0.05, 0) is 12.3 Å². The summed E-state index contributed by atoms with van der Waals surface area (Å²) < 4.78 is 79.3. The van der Waals surface area contributed by atoms with E-state index in [1.54, 1.807) is 0 Å². The molecule has 49 heavy (non-hydrogen) atoms. The van der Waals surface area contributed by atoms with Crippen molar-refractivity contribution >= 4 is 22.1 Å². The van der Waals surface area contributed by atoms with Crippen LogP contribution in [-0.2, 0) is 62.3 Å². The molecule has 0 aromatic heterocycles. The lowest BCUT2D eigenvalue weighted by molar-refractivity contribution is -0.148. The minimum Gasteiger partial charge on any atom is -0.481 e. The highest BCUT2D eigenvalue weighted by Crippen LogP contribution is 2.12. The Morgan fingerprint density at radius 1 is 0.490 bits per heavy atom. The average molecular weight is 733 g/mol. The maximum Gasteiger partial charge on any atom is 0.327 e. The number of esters is 1. The van der Waals surface area contributed by atoms with Crippen LogP contribution < -0.4 is 0 Å². The molecule has 0 spiro atoms. The predicted molar refractivity (Wildman–Crippen MR) is 181 cm³/mol. The van der Waals surface area contributed by atoms with E-state index in [9.17, 15) is 18.0 Å². The van der Waals surface area contributed by atoms with Gasteiger partial charge in [-0.15, -0.1) is 0 Å². The van der Waals surface area contributed by atoms with Crippen LogP contribution in [0.25, 0.3) is 0 Å². The number of ether oxygens (including phenoxy) is 9. The smallest absolute Gasteiger partial charge is 0.327 e. The summed E-state index contributed by atoms with van der Waals surface area (Å²) in [5.74, 6) is -2.09. The molecule has 0 aromatic carbocycles. The Bertz CT molecular complexity index is 857. The van der Waals surface area contributed by atoms with Crippen LogP contribution in [0.15, 0.2) is 0 Å². The average Bonchev–Trinajstić information content (AvgIpc) is 3.04. The zero-order valence-electron chi connectivity index (χ0n) is 29.9. The standard InChI is InChI=1S/C33H64O15S/c1-30(2)11-9-7-5-3-4-6-8-10-12-40-13-14-41-15-16-42-17-18-43-19-20-44-21-22-45-23-24-46-25-26-47-27-28-48-33(36)31(29-32(34)35)49(37,38)39/h30-31H,3-29H2,1-2H3,(H,34,35)(H,37,38,39)/t31-/m1/s1. The molecule has 0 bridgehead atoms. The molecule has 0 aliphatic heterocycles. The number of rotatable bonds is 39. The molecule has 0 aliphatic carbocycles. The van der Waals surface area contributed by atoms with Crippen LogP contribution in [0.1, 0.15) is 78.1 Å². The number of carbonyl (C=O) groups is 2. The van der Waals surface area contributed by atoms with Gasteiger partial charge in [-0.3, -0.25) is 14.1 Å². The van der Waals surface area contributed by atoms with Crippen LogP contribution >= 0.6 is 0 Å². The molecule has 0 aromatic rings. The lowest BCUT2D eigenvalue weighted by Crippen LogP contribution is -2.34. The number of carboxylic acids is 1. The Morgan fingerprint density at radius 2 is 0.796 bits per heavy atom. The van der Waals surface area contributed by atoms with E-state index in [1.807, 2.05) is 0 Å². The molecule has 1 atom stereocenters. The molecule has 0 radical (unpaired) electrons. The number of carbonyl (C=O) groups excluding carboxylic acids is 1. The molecule has 0 rings (SSSR count). The Labute approximate surface area is 293 Å². The first kappa shape index (κ1) is 47.5. The van der Waals surface area contributed by atoms with E-state index in [-0.39, 0.29) is 26.4 Å². The summed E-state index contributed by atoms with van der Waals surface area (Å²) in [6.45, 7) is 11.1. The predicted octanol–water partition coefficient (Wildman–Crippen LogP) is 3.56. The Kier molecular flexibility index (Phi) is 33.9. The minimum absolute atomic E-state index is 0.0601. The molecule has 0 saturated carbocycles. The van der Waals surface area contributed by atoms with Crippen LogP contribution in [0.4, 0.5) is 0 Å². The molecule has 0 saturated heterocycles. The zero-order valence-corrected chi connectivity index (χ0v) is 30.7. The summed E-state index contributed by atoms with van der Waals surface area (Å²) in [6.07, 6.45) is 10.8. The van der Waals surface area contributed by atoms with Gasteiger partial charge >= 0.3 is 11.9 Å². The topological polar surface area (TPSA) is 192 Å². The van der Waals surface area contributed by atoms with Crippen LogP contribution in [0, 0.1) is 5.92 Å². The Balaban J connectivity index is 3.23. The van der Waals surface area contributed by atoms with Crippen LogP contribution in [-0.4, -0.2) is 148 Å². The first-order chi connectivity index (χ1) is 23.6. The zero-order chi connectivity index (χ0) is 36.3. The van der Waals surface area contributed by atoms with Gasteiger partial charge < -0.3 is 47.7 Å². The van der Waals surface area contributed by atoms with Crippen LogP contribution in [0.2, 0.25) is 0 Å². The summed E-state index contributed by atoms with van der Waals surface area (Å²) in [5, 5.41) is 6.47.